The molecule has 1 aromatic carbocycles. The molecule has 0 spiro atoms. The van der Waals surface area contributed by atoms with Gasteiger partial charge >= 0.3 is 6.03 Å². The average Bonchev–Trinajstić information content (AvgIpc) is 3.33. The van der Waals surface area contributed by atoms with Crippen molar-refractivity contribution in [3.8, 4) is 0 Å². The topological polar surface area (TPSA) is 60.9 Å². The fourth-order valence-corrected chi connectivity index (χ4v) is 5.95. The van der Waals surface area contributed by atoms with Gasteiger partial charge in [0.15, 0.2) is 0 Å². The Labute approximate surface area is 179 Å². The first kappa shape index (κ1) is 20.9. The Morgan fingerprint density at radius 1 is 1.03 bits per heavy atom. The maximum Gasteiger partial charge on any atom is 0.327 e. The summed E-state index contributed by atoms with van der Waals surface area (Å²) in [6.07, 6.45) is 3.46. The largest absolute Gasteiger partial charge is 0.342 e. The van der Waals surface area contributed by atoms with E-state index in [1.165, 1.54) is 17.4 Å². The van der Waals surface area contributed by atoms with E-state index in [0.29, 0.717) is 13.0 Å². The molecule has 162 valence electrons. The molecule has 6 heteroatoms. The van der Waals surface area contributed by atoms with Crippen LogP contribution in [0.15, 0.2) is 30.3 Å². The summed E-state index contributed by atoms with van der Waals surface area (Å²) >= 11 is 0. The summed E-state index contributed by atoms with van der Waals surface area (Å²) in [5, 5.41) is 0. The highest BCUT2D eigenvalue weighted by Gasteiger charge is 2.53. The summed E-state index contributed by atoms with van der Waals surface area (Å²) in [6, 6.07) is 9.88. The van der Waals surface area contributed by atoms with Crippen molar-refractivity contribution in [2.24, 2.45) is 11.8 Å². The van der Waals surface area contributed by atoms with Gasteiger partial charge in [0.05, 0.1) is 12.1 Å². The van der Waals surface area contributed by atoms with Gasteiger partial charge in [0, 0.05) is 32.5 Å². The Hall–Kier alpha value is -2.37. The van der Waals surface area contributed by atoms with Gasteiger partial charge in [-0.1, -0.05) is 37.3 Å². The Bertz CT molecular complexity index is 805. The van der Waals surface area contributed by atoms with E-state index in [2.05, 4.69) is 19.1 Å². The lowest BCUT2D eigenvalue weighted by Crippen LogP contribution is -2.44. The van der Waals surface area contributed by atoms with Gasteiger partial charge in [0.2, 0.25) is 11.8 Å². The molecule has 5 atom stereocenters. The molecule has 3 aliphatic rings. The van der Waals surface area contributed by atoms with Crippen LogP contribution in [0.5, 0.6) is 0 Å². The minimum Gasteiger partial charge on any atom is -0.342 e. The smallest absolute Gasteiger partial charge is 0.327 e. The van der Waals surface area contributed by atoms with Crippen LogP contribution in [0.25, 0.3) is 0 Å². The van der Waals surface area contributed by atoms with Crippen LogP contribution in [-0.4, -0.2) is 64.3 Å². The number of likely N-dealkylation sites (tertiary alicyclic amines) is 1. The van der Waals surface area contributed by atoms with Gasteiger partial charge in [-0.3, -0.25) is 14.5 Å². The summed E-state index contributed by atoms with van der Waals surface area (Å²) in [4.78, 5) is 44.3. The first-order chi connectivity index (χ1) is 14.4. The second-order valence-electron chi connectivity index (χ2n) is 9.08. The third-order valence-corrected chi connectivity index (χ3v) is 7.53. The lowest BCUT2D eigenvalue weighted by atomic mass is 9.77. The van der Waals surface area contributed by atoms with E-state index in [4.69, 9.17) is 0 Å². The molecular weight excluding hydrogens is 378 g/mol. The van der Waals surface area contributed by atoms with Crippen molar-refractivity contribution in [3.63, 3.8) is 0 Å². The zero-order valence-electron chi connectivity index (χ0n) is 18.3. The highest BCUT2D eigenvalue weighted by Crippen LogP contribution is 2.45. The SMILES string of the molecule is CCN1C(=O)N(C(C)=O)[C@@H]2C[C@H](C(=O)N3CCCC3)[C@H](C)[C@H](c3ccccc3)C[C@@H]21. The molecule has 30 heavy (non-hydrogen) atoms. The van der Waals surface area contributed by atoms with Crippen LogP contribution < -0.4 is 0 Å². The molecule has 0 bridgehead atoms. The number of likely N-dealkylation sites (N-methyl/N-ethyl adjacent to an activating group) is 1. The van der Waals surface area contributed by atoms with Crippen molar-refractivity contribution in [1.82, 2.24) is 14.7 Å². The van der Waals surface area contributed by atoms with Crippen LogP contribution in [-0.2, 0) is 9.59 Å². The number of carbonyl (C=O) groups is 3. The predicted octanol–water partition coefficient (Wildman–Crippen LogP) is 3.48. The van der Waals surface area contributed by atoms with Gasteiger partial charge in [0.25, 0.3) is 0 Å². The summed E-state index contributed by atoms with van der Waals surface area (Å²) in [7, 11) is 0. The highest BCUT2D eigenvalue weighted by atomic mass is 16.2. The van der Waals surface area contributed by atoms with Gasteiger partial charge in [-0.25, -0.2) is 4.79 Å². The van der Waals surface area contributed by atoms with Gasteiger partial charge in [-0.15, -0.1) is 0 Å². The van der Waals surface area contributed by atoms with Crippen molar-refractivity contribution in [2.45, 2.75) is 64.5 Å². The molecule has 1 saturated carbocycles. The molecule has 4 amide bonds. The van der Waals surface area contributed by atoms with E-state index >= 15 is 0 Å². The number of fused-ring (bicyclic) bond motifs is 1. The molecule has 0 N–H and O–H groups in total. The molecule has 3 fully saturated rings. The summed E-state index contributed by atoms with van der Waals surface area (Å²) in [5.74, 6) is 0.117. The van der Waals surface area contributed by atoms with E-state index in [1.807, 2.05) is 34.9 Å². The monoisotopic (exact) mass is 411 g/mol. The third-order valence-electron chi connectivity index (χ3n) is 7.53. The number of hydrogen-bond donors (Lipinski definition) is 0. The van der Waals surface area contributed by atoms with Crippen molar-refractivity contribution in [1.29, 1.82) is 0 Å². The normalized spacial score (nSPS) is 31.6. The molecule has 2 saturated heterocycles. The molecule has 0 radical (unpaired) electrons. The molecule has 2 heterocycles. The lowest BCUT2D eigenvalue weighted by molar-refractivity contribution is -0.137. The second kappa shape index (κ2) is 8.40. The first-order valence-electron chi connectivity index (χ1n) is 11.4. The van der Waals surface area contributed by atoms with Crippen molar-refractivity contribution in [2.75, 3.05) is 19.6 Å². The summed E-state index contributed by atoms with van der Waals surface area (Å²) in [6.45, 7) is 7.84. The predicted molar refractivity (Wildman–Crippen MR) is 115 cm³/mol. The zero-order valence-corrected chi connectivity index (χ0v) is 18.3. The van der Waals surface area contributed by atoms with Crippen molar-refractivity contribution >= 4 is 17.8 Å². The van der Waals surface area contributed by atoms with E-state index in [1.54, 1.807) is 0 Å². The van der Waals surface area contributed by atoms with Crippen molar-refractivity contribution < 1.29 is 14.4 Å². The Kier molecular flexibility index (Phi) is 5.85. The standard InChI is InChI=1S/C24H33N3O3/c1-4-26-21-14-19(18-10-6-5-7-11-18)16(2)20(23(29)25-12-8-9-13-25)15-22(21)27(17(3)28)24(26)30/h5-7,10-11,16,19-22H,4,8-9,12-15H2,1-3H3/t16-,19-,20+,21+,22-/m1/s1. The molecule has 0 aromatic heterocycles. The number of carbonyl (C=O) groups excluding carboxylic acids is 3. The second-order valence-corrected chi connectivity index (χ2v) is 9.08. The van der Waals surface area contributed by atoms with E-state index in [9.17, 15) is 14.4 Å². The number of imide groups is 1. The number of hydrogen-bond acceptors (Lipinski definition) is 3. The molecule has 0 unspecified atom stereocenters. The maximum atomic E-state index is 13.6. The van der Waals surface area contributed by atoms with Gasteiger partial charge in [0.1, 0.15) is 0 Å². The highest BCUT2D eigenvalue weighted by molar-refractivity contribution is 5.96. The third kappa shape index (κ3) is 3.50. The van der Waals surface area contributed by atoms with E-state index < -0.39 is 0 Å². The Morgan fingerprint density at radius 2 is 1.70 bits per heavy atom. The van der Waals surface area contributed by atoms with Crippen LogP contribution in [0.1, 0.15) is 57.9 Å². The number of benzene rings is 1. The maximum absolute atomic E-state index is 13.6. The molecule has 1 aliphatic carbocycles. The van der Waals surface area contributed by atoms with Crippen LogP contribution in [0.2, 0.25) is 0 Å². The van der Waals surface area contributed by atoms with E-state index in [0.717, 1.165) is 32.4 Å². The minimum absolute atomic E-state index is 0.0459. The number of rotatable bonds is 3. The Balaban J connectivity index is 1.75. The van der Waals surface area contributed by atoms with Gasteiger partial charge in [-0.2, -0.15) is 0 Å². The average molecular weight is 412 g/mol. The van der Waals surface area contributed by atoms with Gasteiger partial charge in [-0.05, 0) is 50.0 Å². The van der Waals surface area contributed by atoms with Crippen LogP contribution in [0, 0.1) is 11.8 Å². The fourth-order valence-electron chi connectivity index (χ4n) is 5.95. The number of urea groups is 1. The van der Waals surface area contributed by atoms with E-state index in [-0.39, 0.29) is 47.7 Å². The van der Waals surface area contributed by atoms with Gasteiger partial charge < -0.3 is 9.80 Å². The van der Waals surface area contributed by atoms with Crippen LogP contribution >= 0.6 is 0 Å². The van der Waals surface area contributed by atoms with Crippen molar-refractivity contribution in [3.05, 3.63) is 35.9 Å². The molecular formula is C24H33N3O3. The number of amides is 4. The van der Waals surface area contributed by atoms with Crippen LogP contribution in [0.4, 0.5) is 4.79 Å². The number of nitrogens with zero attached hydrogens (tertiary/aromatic N) is 3. The minimum atomic E-state index is -0.234. The quantitative estimate of drug-likeness (QED) is 0.765. The lowest BCUT2D eigenvalue weighted by Gasteiger charge is -2.32. The summed E-state index contributed by atoms with van der Waals surface area (Å²) < 4.78 is 0. The Morgan fingerprint density at radius 3 is 2.30 bits per heavy atom. The molecule has 2 aliphatic heterocycles. The fraction of sp³-hybridized carbons (Fsp3) is 0.625. The molecule has 4 rings (SSSR count). The summed E-state index contributed by atoms with van der Waals surface area (Å²) in [5.41, 5.74) is 1.22. The zero-order chi connectivity index (χ0) is 21.4. The molecule has 6 nitrogen and oxygen atoms in total. The first-order valence-corrected chi connectivity index (χ1v) is 11.4. The molecule has 1 aromatic rings. The van der Waals surface area contributed by atoms with Crippen LogP contribution in [0.3, 0.4) is 0 Å².